The van der Waals surface area contributed by atoms with Crippen molar-refractivity contribution < 1.29 is 17.6 Å². The Kier molecular flexibility index (Phi) is 6.27. The van der Waals surface area contributed by atoms with Crippen LogP contribution in [0.3, 0.4) is 0 Å². The fourth-order valence-corrected chi connectivity index (χ4v) is 5.03. The number of nitrogens with one attached hydrogen (secondary N) is 1. The second-order valence-electron chi connectivity index (χ2n) is 7.68. The minimum atomic E-state index is -3.79. The van der Waals surface area contributed by atoms with Crippen LogP contribution in [-0.4, -0.2) is 26.6 Å². The van der Waals surface area contributed by atoms with Crippen molar-refractivity contribution >= 4 is 21.6 Å². The Morgan fingerprint density at radius 2 is 1.76 bits per heavy atom. The minimum absolute atomic E-state index is 0.122. The van der Waals surface area contributed by atoms with Gasteiger partial charge in [0.2, 0.25) is 15.9 Å². The number of nitrogens with zero attached hydrogens (tertiary/aromatic N) is 1. The van der Waals surface area contributed by atoms with E-state index in [4.69, 9.17) is 0 Å². The van der Waals surface area contributed by atoms with Crippen LogP contribution in [0.15, 0.2) is 42.5 Å². The number of hydrogen-bond acceptors (Lipinski definition) is 3. The second-order valence-corrected chi connectivity index (χ2v) is 9.54. The van der Waals surface area contributed by atoms with E-state index in [9.17, 15) is 17.6 Å². The van der Waals surface area contributed by atoms with Crippen molar-refractivity contribution in [3.8, 4) is 0 Å². The molecular weight excluding hydrogens is 391 g/mol. The summed E-state index contributed by atoms with van der Waals surface area (Å²) in [6.07, 6.45) is 5.52. The number of halogens is 1. The van der Waals surface area contributed by atoms with E-state index < -0.39 is 27.8 Å². The maximum Gasteiger partial charge on any atom is 0.244 e. The van der Waals surface area contributed by atoms with E-state index in [1.54, 1.807) is 0 Å². The van der Waals surface area contributed by atoms with Crippen molar-refractivity contribution in [3.05, 3.63) is 65.0 Å². The molecule has 2 atom stereocenters. The van der Waals surface area contributed by atoms with E-state index in [0.29, 0.717) is 0 Å². The highest BCUT2D eigenvalue weighted by atomic mass is 32.2. The molecule has 2 aromatic carbocycles. The highest BCUT2D eigenvalue weighted by Crippen LogP contribution is 2.26. The van der Waals surface area contributed by atoms with Crippen LogP contribution in [-0.2, 0) is 27.7 Å². The molecule has 1 N–H and O–H groups in total. The first-order chi connectivity index (χ1) is 13.7. The van der Waals surface area contributed by atoms with Crippen molar-refractivity contribution in [3.63, 3.8) is 0 Å². The number of aryl methyl sites for hydroxylation is 2. The van der Waals surface area contributed by atoms with Crippen LogP contribution < -0.4 is 9.62 Å². The Bertz CT molecular complexity index is 1010. The van der Waals surface area contributed by atoms with Crippen LogP contribution in [0.5, 0.6) is 0 Å². The third-order valence-corrected chi connectivity index (χ3v) is 6.62. The van der Waals surface area contributed by atoms with Gasteiger partial charge in [0.1, 0.15) is 11.9 Å². The van der Waals surface area contributed by atoms with Crippen LogP contribution in [0, 0.1) is 5.82 Å². The van der Waals surface area contributed by atoms with Crippen LogP contribution in [0.2, 0.25) is 0 Å². The zero-order chi connectivity index (χ0) is 21.2. The fourth-order valence-electron chi connectivity index (χ4n) is 3.86. The number of carbonyl (C=O) groups excluding carboxylic acids is 1. The summed E-state index contributed by atoms with van der Waals surface area (Å²) in [5.41, 5.74) is 3.79. The van der Waals surface area contributed by atoms with Gasteiger partial charge in [0, 0.05) is 0 Å². The highest BCUT2D eigenvalue weighted by Gasteiger charge is 2.30. The van der Waals surface area contributed by atoms with E-state index in [1.807, 2.05) is 13.0 Å². The van der Waals surface area contributed by atoms with Gasteiger partial charge in [-0.1, -0.05) is 24.3 Å². The van der Waals surface area contributed by atoms with E-state index in [2.05, 4.69) is 17.4 Å². The lowest BCUT2D eigenvalue weighted by Gasteiger charge is -2.29. The molecule has 1 amide bonds. The van der Waals surface area contributed by atoms with Crippen LogP contribution in [0.4, 0.5) is 10.1 Å². The summed E-state index contributed by atoms with van der Waals surface area (Å²) in [5, 5.41) is 2.90. The van der Waals surface area contributed by atoms with E-state index in [-0.39, 0.29) is 11.7 Å². The summed E-state index contributed by atoms with van der Waals surface area (Å²) >= 11 is 0. The zero-order valence-electron chi connectivity index (χ0n) is 17.0. The molecule has 0 fully saturated rings. The molecule has 0 heterocycles. The largest absolute Gasteiger partial charge is 0.348 e. The molecule has 0 saturated heterocycles. The molecule has 156 valence electrons. The predicted molar refractivity (Wildman–Crippen MR) is 113 cm³/mol. The topological polar surface area (TPSA) is 66.5 Å². The highest BCUT2D eigenvalue weighted by molar-refractivity contribution is 7.92. The molecule has 29 heavy (non-hydrogen) atoms. The molecule has 0 radical (unpaired) electrons. The van der Waals surface area contributed by atoms with Gasteiger partial charge in [-0.2, -0.15) is 0 Å². The summed E-state index contributed by atoms with van der Waals surface area (Å²) in [4.78, 5) is 12.9. The van der Waals surface area contributed by atoms with Crippen molar-refractivity contribution in [2.75, 3.05) is 10.6 Å². The van der Waals surface area contributed by atoms with Crippen molar-refractivity contribution in [1.29, 1.82) is 0 Å². The Morgan fingerprint density at radius 1 is 1.07 bits per heavy atom. The van der Waals surface area contributed by atoms with Crippen molar-refractivity contribution in [1.82, 2.24) is 5.32 Å². The summed E-state index contributed by atoms with van der Waals surface area (Å²) in [6, 6.07) is 10.2. The number of fused-ring (bicyclic) bond motifs is 1. The lowest BCUT2D eigenvalue weighted by molar-refractivity contribution is -0.122. The van der Waals surface area contributed by atoms with Gasteiger partial charge in [0.05, 0.1) is 18.0 Å². The predicted octanol–water partition coefficient (Wildman–Crippen LogP) is 3.74. The van der Waals surface area contributed by atoms with Gasteiger partial charge >= 0.3 is 0 Å². The lowest BCUT2D eigenvalue weighted by atomic mass is 9.89. The average Bonchev–Trinajstić information content (AvgIpc) is 2.66. The summed E-state index contributed by atoms with van der Waals surface area (Å²) in [5.74, 6) is -1.00. The zero-order valence-corrected chi connectivity index (χ0v) is 17.8. The Hall–Kier alpha value is -2.41. The number of anilines is 1. The van der Waals surface area contributed by atoms with Gasteiger partial charge in [0.15, 0.2) is 0 Å². The summed E-state index contributed by atoms with van der Waals surface area (Å²) in [6.45, 7) is 3.38. The average molecular weight is 419 g/mol. The Labute approximate surface area is 172 Å². The maximum absolute atomic E-state index is 13.6. The first-order valence-electron chi connectivity index (χ1n) is 9.84. The Balaban J connectivity index is 1.79. The molecule has 1 aliphatic carbocycles. The smallest absolute Gasteiger partial charge is 0.244 e. The number of carbonyl (C=O) groups is 1. The molecule has 0 aliphatic heterocycles. The van der Waals surface area contributed by atoms with E-state index in [0.717, 1.165) is 35.0 Å². The molecule has 2 aromatic rings. The number of sulfonamides is 1. The number of rotatable bonds is 6. The molecule has 0 unspecified atom stereocenters. The van der Waals surface area contributed by atoms with Gasteiger partial charge in [0.25, 0.3) is 0 Å². The molecule has 0 spiro atoms. The first-order valence-corrected chi connectivity index (χ1v) is 11.7. The van der Waals surface area contributed by atoms with Gasteiger partial charge in [-0.05, 0) is 74.4 Å². The third-order valence-electron chi connectivity index (χ3n) is 5.38. The minimum Gasteiger partial charge on any atom is -0.348 e. The number of amides is 1. The molecule has 5 nitrogen and oxygen atoms in total. The molecule has 1 aliphatic rings. The quantitative estimate of drug-likeness (QED) is 0.777. The standard InChI is InChI=1S/C22H27FN2O3S/c1-15(18-12-11-17-7-4-5-8-19(17)13-18)24-22(26)16(2)25(29(3,27)28)21-10-6-9-20(23)14-21/h6,9-16H,4-5,7-8H2,1-3H3,(H,24,26)/t15-,16+/m1/s1. The lowest BCUT2D eigenvalue weighted by Crippen LogP contribution is -2.48. The van der Waals surface area contributed by atoms with E-state index >= 15 is 0 Å². The molecule has 3 rings (SSSR count). The maximum atomic E-state index is 13.6. The molecule has 0 aromatic heterocycles. The summed E-state index contributed by atoms with van der Waals surface area (Å²) < 4.78 is 39.2. The fraction of sp³-hybridized carbons (Fsp3) is 0.409. The van der Waals surface area contributed by atoms with Gasteiger partial charge in [-0.3, -0.25) is 9.10 Å². The van der Waals surface area contributed by atoms with Gasteiger partial charge < -0.3 is 5.32 Å². The van der Waals surface area contributed by atoms with Crippen LogP contribution in [0.1, 0.15) is 49.4 Å². The number of hydrogen-bond donors (Lipinski definition) is 1. The second kappa shape index (κ2) is 8.53. The first kappa shape index (κ1) is 21.3. The molecule has 7 heteroatoms. The molecular formula is C22H27FN2O3S. The molecule has 0 saturated carbocycles. The van der Waals surface area contributed by atoms with Gasteiger partial charge in [-0.25, -0.2) is 12.8 Å². The SMILES string of the molecule is C[C@@H](NC(=O)[C@H](C)N(c1cccc(F)c1)S(C)(=O)=O)c1ccc2c(c1)CCCC2. The third kappa shape index (κ3) is 4.96. The summed E-state index contributed by atoms with van der Waals surface area (Å²) in [7, 11) is -3.79. The Morgan fingerprint density at radius 3 is 2.41 bits per heavy atom. The monoisotopic (exact) mass is 418 g/mol. The normalized spacial score (nSPS) is 15.9. The van der Waals surface area contributed by atoms with Crippen LogP contribution >= 0.6 is 0 Å². The van der Waals surface area contributed by atoms with Gasteiger partial charge in [-0.15, -0.1) is 0 Å². The van der Waals surface area contributed by atoms with Crippen molar-refractivity contribution in [2.45, 2.75) is 51.6 Å². The number of benzene rings is 2. The van der Waals surface area contributed by atoms with Crippen LogP contribution in [0.25, 0.3) is 0 Å². The van der Waals surface area contributed by atoms with E-state index in [1.165, 1.54) is 49.1 Å². The van der Waals surface area contributed by atoms with Crippen molar-refractivity contribution in [2.24, 2.45) is 0 Å². The molecule has 0 bridgehead atoms.